The van der Waals surface area contributed by atoms with Gasteiger partial charge in [0.2, 0.25) is 0 Å². The lowest BCUT2D eigenvalue weighted by atomic mass is 9.66. The van der Waals surface area contributed by atoms with E-state index in [1.54, 1.807) is 0 Å². The van der Waals surface area contributed by atoms with Gasteiger partial charge in [-0.2, -0.15) is 0 Å². The van der Waals surface area contributed by atoms with Gasteiger partial charge in [-0.3, -0.25) is 27.1 Å². The molecule has 0 aromatic heterocycles. The highest BCUT2D eigenvalue weighted by molar-refractivity contribution is 7.58. The smallest absolute Gasteiger partial charge is 0.307 e. The summed E-state index contributed by atoms with van der Waals surface area (Å²) in [6.45, 7) is 0. The van der Waals surface area contributed by atoms with Crippen molar-refractivity contribution in [2.45, 2.75) is 33.6 Å². The summed E-state index contributed by atoms with van der Waals surface area (Å²) in [6, 6.07) is 124. The van der Waals surface area contributed by atoms with E-state index in [1.807, 2.05) is 218 Å². The highest BCUT2D eigenvalue weighted by Crippen LogP contribution is 2.75. The molecule has 0 unspecified atom stereocenters. The molecule has 464 valence electrons. The van der Waals surface area contributed by atoms with Gasteiger partial charge in [0.1, 0.15) is 0 Å². The number of rotatable bonds is 21. The maximum Gasteiger partial charge on any atom is 0.335 e. The Hall–Kier alpha value is -8.00. The van der Waals surface area contributed by atoms with Crippen LogP contribution in [0, 0.1) is 0 Å². The quantitative estimate of drug-likeness (QED) is 0.0653. The zero-order valence-electron chi connectivity index (χ0n) is 51.2. The standard InChI is InChI=1S/C81H66O9P4/c1-13-37-64(38-14-1)76(65-39-15-2-16-40-65)77(66-41-17-3-18-42-66,67-43-19-4-20-44-67)86-92(85-76)82-61-91(62-83-93-87-78(68-45-21-5-22-46-68,69-47-23-6-24-48-69)79(88-93,70-49-25-7-26-50-70)71-51-27-8-28-52-71)63-84-94-89-80(72-53-29-9-30-54-72,73-55-31-10-32-56-73)81(90-94,74-57-33-11-34-58-74)75-59-35-12-36-60-75/h1-60H,61-63H2. The van der Waals surface area contributed by atoms with E-state index >= 15 is 0 Å². The predicted molar refractivity (Wildman–Crippen MR) is 374 cm³/mol. The van der Waals surface area contributed by atoms with Crippen LogP contribution in [0.1, 0.15) is 66.8 Å². The Morgan fingerprint density at radius 3 is 0.394 bits per heavy atom. The molecule has 0 spiro atoms. The van der Waals surface area contributed by atoms with Crippen molar-refractivity contribution in [3.63, 3.8) is 0 Å². The molecule has 0 aliphatic carbocycles. The van der Waals surface area contributed by atoms with Crippen molar-refractivity contribution in [3.05, 3.63) is 431 Å². The van der Waals surface area contributed by atoms with E-state index in [9.17, 15) is 0 Å². The first-order chi connectivity index (χ1) is 46.5. The van der Waals surface area contributed by atoms with Crippen LogP contribution in [0.15, 0.2) is 364 Å². The lowest BCUT2D eigenvalue weighted by Gasteiger charge is -2.43. The molecular weight excluding hydrogens is 1240 g/mol. The minimum atomic E-state index is -2.20. The summed E-state index contributed by atoms with van der Waals surface area (Å²) in [6.07, 6.45) is 0.258. The average molecular weight is 1310 g/mol. The first kappa shape index (κ1) is 62.1. The zero-order chi connectivity index (χ0) is 63.1. The number of hydrogen-bond acceptors (Lipinski definition) is 9. The van der Waals surface area contributed by atoms with Crippen molar-refractivity contribution < 1.29 is 40.7 Å². The Balaban J connectivity index is 0.852. The van der Waals surface area contributed by atoms with Gasteiger partial charge in [0.25, 0.3) is 0 Å². The molecule has 13 heteroatoms. The summed E-state index contributed by atoms with van der Waals surface area (Å²) >= 11 is 0. The van der Waals surface area contributed by atoms with Crippen LogP contribution in [0.4, 0.5) is 0 Å². The first-order valence-corrected chi connectivity index (χ1v) is 36.5. The van der Waals surface area contributed by atoms with Crippen LogP contribution >= 0.6 is 33.7 Å². The summed E-state index contributed by atoms with van der Waals surface area (Å²) in [5, 5.41) is 0. The van der Waals surface area contributed by atoms with Crippen molar-refractivity contribution in [3.8, 4) is 0 Å². The van der Waals surface area contributed by atoms with Gasteiger partial charge in [-0.05, 0) is 74.7 Å². The third-order valence-electron chi connectivity index (χ3n) is 18.0. The Bertz CT molecular complexity index is 3400. The molecule has 0 saturated carbocycles. The van der Waals surface area contributed by atoms with Crippen LogP contribution < -0.4 is 0 Å². The van der Waals surface area contributed by atoms with Crippen molar-refractivity contribution in [1.82, 2.24) is 0 Å². The maximum absolute atomic E-state index is 7.71. The molecule has 0 atom stereocenters. The van der Waals surface area contributed by atoms with Crippen molar-refractivity contribution in [2.24, 2.45) is 0 Å². The van der Waals surface area contributed by atoms with E-state index in [4.69, 9.17) is 40.7 Å². The molecule has 3 saturated heterocycles. The van der Waals surface area contributed by atoms with Crippen molar-refractivity contribution >= 4 is 33.7 Å². The SMILES string of the molecule is c1ccc(C2(c3ccccc3)OP(OCP(COP3OC(c4ccccc4)(c4ccccc4)C(c4ccccc4)(c4ccccc4)O3)COP3OC(c4ccccc4)(c4ccccc4)C(c4ccccc4)(c4ccccc4)O3)OC2(c2ccccc2)c2ccccc2)cc1. The molecular formula is C81H66O9P4. The second-order valence-corrected chi connectivity index (χ2v) is 28.5. The minimum absolute atomic E-state index is 0.0861. The van der Waals surface area contributed by atoms with Gasteiger partial charge in [-0.25, -0.2) is 0 Å². The molecule has 3 heterocycles. The highest BCUT2D eigenvalue weighted by Gasteiger charge is 2.69. The van der Waals surface area contributed by atoms with Gasteiger partial charge in [0.15, 0.2) is 33.6 Å². The molecule has 0 amide bonds. The highest BCUT2D eigenvalue weighted by atomic mass is 31.2. The topological polar surface area (TPSA) is 83.1 Å². The van der Waals surface area contributed by atoms with E-state index in [0.29, 0.717) is 0 Å². The normalized spacial score (nSPS) is 17.8. The van der Waals surface area contributed by atoms with Gasteiger partial charge >= 0.3 is 25.8 Å². The van der Waals surface area contributed by atoms with Crippen LogP contribution in [-0.4, -0.2) is 19.0 Å². The molecule has 9 nitrogen and oxygen atoms in total. The third-order valence-corrected chi connectivity index (χ3v) is 23.6. The monoisotopic (exact) mass is 1310 g/mol. The first-order valence-electron chi connectivity index (χ1n) is 31.4. The fourth-order valence-corrected chi connectivity index (χ4v) is 21.0. The second kappa shape index (κ2) is 27.4. The van der Waals surface area contributed by atoms with Crippen molar-refractivity contribution in [1.29, 1.82) is 0 Å². The Morgan fingerprint density at radius 2 is 0.287 bits per heavy atom. The molecule has 12 aromatic rings. The second-order valence-electron chi connectivity index (χ2n) is 23.1. The Labute approximate surface area is 554 Å². The summed E-state index contributed by atoms with van der Waals surface area (Å²) in [5.41, 5.74) is 3.16. The summed E-state index contributed by atoms with van der Waals surface area (Å²) in [4.78, 5) is 0. The largest absolute Gasteiger partial charge is 0.335 e. The van der Waals surface area contributed by atoms with E-state index in [2.05, 4.69) is 146 Å². The van der Waals surface area contributed by atoms with Crippen LogP contribution in [0.25, 0.3) is 0 Å². The van der Waals surface area contributed by atoms with E-state index in [-0.39, 0.29) is 19.0 Å². The lowest BCUT2D eigenvalue weighted by Crippen LogP contribution is -2.48. The minimum Gasteiger partial charge on any atom is -0.307 e. The maximum atomic E-state index is 7.71. The van der Waals surface area contributed by atoms with E-state index < -0.39 is 67.3 Å². The fourth-order valence-electron chi connectivity index (χ4n) is 13.9. The van der Waals surface area contributed by atoms with Gasteiger partial charge in [0.05, 0.1) is 19.0 Å². The predicted octanol–water partition coefficient (Wildman–Crippen LogP) is 20.9. The number of benzene rings is 12. The van der Waals surface area contributed by atoms with E-state index in [0.717, 1.165) is 66.8 Å². The Morgan fingerprint density at radius 1 is 0.181 bits per heavy atom. The molecule has 12 aromatic carbocycles. The van der Waals surface area contributed by atoms with Crippen LogP contribution in [-0.2, 0) is 74.3 Å². The van der Waals surface area contributed by atoms with Gasteiger partial charge in [-0.15, -0.1) is 0 Å². The van der Waals surface area contributed by atoms with Gasteiger partial charge in [0, 0.05) is 0 Å². The molecule has 3 aliphatic rings. The number of hydrogen-bond donors (Lipinski definition) is 0. The molecule has 0 N–H and O–H groups in total. The third kappa shape index (κ3) is 10.8. The Kier molecular flexibility index (Phi) is 18.1. The molecule has 94 heavy (non-hydrogen) atoms. The van der Waals surface area contributed by atoms with Crippen LogP contribution in [0.3, 0.4) is 0 Å². The summed E-state index contributed by atoms with van der Waals surface area (Å²) < 4.78 is 68.3. The zero-order valence-corrected chi connectivity index (χ0v) is 54.8. The van der Waals surface area contributed by atoms with Crippen molar-refractivity contribution in [2.75, 3.05) is 19.0 Å². The summed E-state index contributed by atoms with van der Waals surface area (Å²) in [7, 11) is -8.15. The van der Waals surface area contributed by atoms with Crippen LogP contribution in [0.5, 0.6) is 0 Å². The van der Waals surface area contributed by atoms with Crippen LogP contribution in [0.2, 0.25) is 0 Å². The fraction of sp³-hybridized carbons (Fsp3) is 0.111. The molecule has 3 fully saturated rings. The van der Waals surface area contributed by atoms with Gasteiger partial charge < -0.3 is 13.6 Å². The lowest BCUT2D eigenvalue weighted by molar-refractivity contribution is 0.00370. The molecule has 0 radical (unpaired) electrons. The molecule has 0 bridgehead atoms. The average Bonchev–Trinajstić information content (AvgIpc) is 1.49. The summed E-state index contributed by atoms with van der Waals surface area (Å²) in [5.74, 6) is 0. The van der Waals surface area contributed by atoms with E-state index in [1.165, 1.54) is 0 Å². The molecule has 15 rings (SSSR count). The van der Waals surface area contributed by atoms with Gasteiger partial charge in [-0.1, -0.05) is 364 Å². The molecule has 3 aliphatic heterocycles.